The van der Waals surface area contributed by atoms with Gasteiger partial charge >= 0.3 is 5.97 Å². The van der Waals surface area contributed by atoms with Crippen LogP contribution in [0.2, 0.25) is 0 Å². The van der Waals surface area contributed by atoms with Crippen molar-refractivity contribution in [2.24, 2.45) is 0 Å². The van der Waals surface area contributed by atoms with E-state index >= 15 is 0 Å². The standard InChI is InChI=1S/C25H31FN4O4S/c1-2-3-15-12-20(29-24-21(15)22(27)23(35-24)25(32)33)30-10-8-17(9-11-30)28-13-18(31)14-34-19-6-4-16(26)5-7-19/h4-7,12,17-18,28,31H,2-3,8-11,13-14,27H2,1H3,(H,32,33). The van der Waals surface area contributed by atoms with Crippen molar-refractivity contribution in [2.75, 3.05) is 36.9 Å². The molecule has 1 aliphatic rings. The highest BCUT2D eigenvalue weighted by molar-refractivity contribution is 7.21. The van der Waals surface area contributed by atoms with Crippen LogP contribution in [0.15, 0.2) is 30.3 Å². The van der Waals surface area contributed by atoms with Gasteiger partial charge in [-0.1, -0.05) is 13.3 Å². The second-order valence-corrected chi connectivity index (χ2v) is 9.81. The van der Waals surface area contributed by atoms with Gasteiger partial charge in [-0.15, -0.1) is 11.3 Å². The van der Waals surface area contributed by atoms with E-state index in [0.29, 0.717) is 22.8 Å². The molecule has 0 aliphatic carbocycles. The van der Waals surface area contributed by atoms with E-state index in [1.807, 2.05) is 6.07 Å². The van der Waals surface area contributed by atoms with E-state index < -0.39 is 12.1 Å². The number of nitrogens with zero attached hydrogens (tertiary/aromatic N) is 2. The second kappa shape index (κ2) is 11.2. The first kappa shape index (κ1) is 25.2. The second-order valence-electron chi connectivity index (χ2n) is 8.81. The van der Waals surface area contributed by atoms with Crippen molar-refractivity contribution in [3.8, 4) is 5.75 Å². The number of aliphatic hydroxyl groups is 1. The summed E-state index contributed by atoms with van der Waals surface area (Å²) in [7, 11) is 0. The zero-order valence-corrected chi connectivity index (χ0v) is 20.5. The van der Waals surface area contributed by atoms with Crippen molar-refractivity contribution in [1.82, 2.24) is 10.3 Å². The maximum absolute atomic E-state index is 13.0. The van der Waals surface area contributed by atoms with Gasteiger partial charge in [-0.2, -0.15) is 0 Å². The van der Waals surface area contributed by atoms with Gasteiger partial charge in [-0.3, -0.25) is 0 Å². The number of aliphatic hydroxyl groups excluding tert-OH is 1. The predicted molar refractivity (Wildman–Crippen MR) is 136 cm³/mol. The molecule has 35 heavy (non-hydrogen) atoms. The Balaban J connectivity index is 1.32. The Hall–Kier alpha value is -2.95. The molecule has 0 spiro atoms. The van der Waals surface area contributed by atoms with Crippen LogP contribution in [-0.2, 0) is 6.42 Å². The summed E-state index contributed by atoms with van der Waals surface area (Å²) in [5, 5.41) is 23.9. The number of aromatic carboxylic acids is 1. The zero-order valence-electron chi connectivity index (χ0n) is 19.7. The minimum absolute atomic E-state index is 0.129. The quantitative estimate of drug-likeness (QED) is 0.331. The number of nitrogen functional groups attached to an aromatic ring is 1. The number of aryl methyl sites for hydroxylation is 1. The average molecular weight is 503 g/mol. The first-order chi connectivity index (χ1) is 16.9. The molecule has 3 aromatic rings. The number of hydrogen-bond acceptors (Lipinski definition) is 8. The van der Waals surface area contributed by atoms with E-state index in [1.54, 1.807) is 0 Å². The molecule has 4 rings (SSSR count). The maximum Gasteiger partial charge on any atom is 0.348 e. The molecule has 188 valence electrons. The Morgan fingerprint density at radius 3 is 2.71 bits per heavy atom. The maximum atomic E-state index is 13.0. The largest absolute Gasteiger partial charge is 0.491 e. The SMILES string of the molecule is CCCc1cc(N2CCC(NCC(O)COc3ccc(F)cc3)CC2)nc2sc(C(=O)O)c(N)c12. The number of aromatic nitrogens is 1. The number of ether oxygens (including phenoxy) is 1. The average Bonchev–Trinajstić information content (AvgIpc) is 3.19. The van der Waals surface area contributed by atoms with Crippen LogP contribution in [0.5, 0.6) is 5.75 Å². The third-order valence-electron chi connectivity index (χ3n) is 6.20. The van der Waals surface area contributed by atoms with Gasteiger partial charge in [0.1, 0.15) is 39.8 Å². The van der Waals surface area contributed by atoms with Gasteiger partial charge < -0.3 is 30.9 Å². The highest BCUT2D eigenvalue weighted by Gasteiger charge is 2.24. The number of hydrogen-bond donors (Lipinski definition) is 4. The third kappa shape index (κ3) is 6.01. The molecule has 1 atom stereocenters. The molecule has 1 unspecified atom stereocenters. The Morgan fingerprint density at radius 2 is 2.06 bits per heavy atom. The van der Waals surface area contributed by atoms with Crippen LogP contribution in [0.1, 0.15) is 41.4 Å². The molecule has 3 heterocycles. The number of nitrogens with one attached hydrogen (secondary N) is 1. The zero-order chi connectivity index (χ0) is 24.9. The lowest BCUT2D eigenvalue weighted by Gasteiger charge is -2.34. The summed E-state index contributed by atoms with van der Waals surface area (Å²) < 4.78 is 18.5. The van der Waals surface area contributed by atoms with Crippen LogP contribution in [0.4, 0.5) is 15.9 Å². The van der Waals surface area contributed by atoms with E-state index in [4.69, 9.17) is 15.5 Å². The van der Waals surface area contributed by atoms with Crippen molar-refractivity contribution in [3.63, 3.8) is 0 Å². The number of halogens is 1. The van der Waals surface area contributed by atoms with Crippen LogP contribution < -0.4 is 20.7 Å². The van der Waals surface area contributed by atoms with Gasteiger partial charge in [-0.25, -0.2) is 14.2 Å². The van der Waals surface area contributed by atoms with Gasteiger partial charge in [0.15, 0.2) is 0 Å². The molecule has 2 aromatic heterocycles. The molecular formula is C25H31FN4O4S. The number of pyridine rings is 1. The molecule has 0 bridgehead atoms. The lowest BCUT2D eigenvalue weighted by molar-refractivity contribution is 0.0703. The van der Waals surface area contributed by atoms with Gasteiger partial charge in [0.25, 0.3) is 0 Å². The summed E-state index contributed by atoms with van der Waals surface area (Å²) in [6.45, 7) is 4.23. The van der Waals surface area contributed by atoms with Gasteiger partial charge in [0.05, 0.1) is 5.69 Å². The molecule has 1 aliphatic heterocycles. The van der Waals surface area contributed by atoms with Gasteiger partial charge in [0, 0.05) is 31.1 Å². The number of anilines is 2. The van der Waals surface area contributed by atoms with Crippen molar-refractivity contribution in [1.29, 1.82) is 0 Å². The number of piperidine rings is 1. The Bertz CT molecular complexity index is 1160. The molecule has 1 fully saturated rings. The van der Waals surface area contributed by atoms with Crippen LogP contribution in [-0.4, -0.2) is 59.6 Å². The molecular weight excluding hydrogens is 471 g/mol. The van der Waals surface area contributed by atoms with Crippen molar-refractivity contribution in [2.45, 2.75) is 44.8 Å². The highest BCUT2D eigenvalue weighted by atomic mass is 32.1. The number of carboxylic acid groups (broad SMARTS) is 1. The molecule has 0 amide bonds. The Kier molecular flexibility index (Phi) is 8.04. The smallest absolute Gasteiger partial charge is 0.348 e. The van der Waals surface area contributed by atoms with Crippen LogP contribution in [0, 0.1) is 5.82 Å². The van der Waals surface area contributed by atoms with Crippen molar-refractivity contribution >= 4 is 39.0 Å². The fourth-order valence-corrected chi connectivity index (χ4v) is 5.34. The summed E-state index contributed by atoms with van der Waals surface area (Å²) >= 11 is 1.13. The van der Waals surface area contributed by atoms with E-state index in [0.717, 1.165) is 66.9 Å². The molecule has 1 saturated heterocycles. The van der Waals surface area contributed by atoms with E-state index in [1.165, 1.54) is 24.3 Å². The van der Waals surface area contributed by atoms with E-state index in [9.17, 15) is 19.4 Å². The van der Waals surface area contributed by atoms with Gasteiger partial charge in [0.2, 0.25) is 0 Å². The summed E-state index contributed by atoms with van der Waals surface area (Å²) in [6.07, 6.45) is 2.84. The third-order valence-corrected chi connectivity index (χ3v) is 7.29. The Morgan fingerprint density at radius 1 is 1.34 bits per heavy atom. The number of carboxylic acids is 1. The fraction of sp³-hybridized carbons (Fsp3) is 0.440. The molecule has 0 saturated carbocycles. The van der Waals surface area contributed by atoms with E-state index in [-0.39, 0.29) is 23.3 Å². The topological polar surface area (TPSA) is 121 Å². The molecule has 0 radical (unpaired) electrons. The van der Waals surface area contributed by atoms with E-state index in [2.05, 4.69) is 17.1 Å². The fourth-order valence-electron chi connectivity index (χ4n) is 4.37. The number of fused-ring (bicyclic) bond motifs is 1. The van der Waals surface area contributed by atoms with Crippen LogP contribution >= 0.6 is 11.3 Å². The van der Waals surface area contributed by atoms with Crippen LogP contribution in [0.3, 0.4) is 0 Å². The number of rotatable bonds is 10. The molecule has 5 N–H and O–H groups in total. The first-order valence-corrected chi connectivity index (χ1v) is 12.7. The number of thiophene rings is 1. The summed E-state index contributed by atoms with van der Waals surface area (Å²) in [5.74, 6) is 0.0257. The van der Waals surface area contributed by atoms with Gasteiger partial charge in [-0.05, 0) is 55.2 Å². The monoisotopic (exact) mass is 502 g/mol. The van der Waals surface area contributed by atoms with Crippen molar-refractivity contribution < 1.29 is 24.1 Å². The normalized spacial score (nSPS) is 15.5. The molecule has 1 aromatic carbocycles. The lowest BCUT2D eigenvalue weighted by Crippen LogP contribution is -2.45. The Labute approximate surface area is 207 Å². The highest BCUT2D eigenvalue weighted by Crippen LogP contribution is 2.37. The summed E-state index contributed by atoms with van der Waals surface area (Å²) in [4.78, 5) is 19.4. The number of nitrogens with two attached hydrogens (primary N) is 1. The predicted octanol–water partition coefficient (Wildman–Crippen LogP) is 3.67. The first-order valence-electron chi connectivity index (χ1n) is 11.9. The number of benzene rings is 1. The minimum Gasteiger partial charge on any atom is -0.491 e. The molecule has 8 nitrogen and oxygen atoms in total. The summed E-state index contributed by atoms with van der Waals surface area (Å²) in [5.41, 5.74) is 7.51. The van der Waals surface area contributed by atoms with Crippen LogP contribution in [0.25, 0.3) is 10.2 Å². The number of carbonyl (C=O) groups is 1. The minimum atomic E-state index is -1.02. The lowest BCUT2D eigenvalue weighted by atomic mass is 10.0. The summed E-state index contributed by atoms with van der Waals surface area (Å²) in [6, 6.07) is 8.03. The molecule has 10 heteroatoms. The van der Waals surface area contributed by atoms with Crippen molar-refractivity contribution in [3.05, 3.63) is 46.6 Å².